The summed E-state index contributed by atoms with van der Waals surface area (Å²) < 4.78 is 43.3. The van der Waals surface area contributed by atoms with Crippen LogP contribution in [0.25, 0.3) is 10.8 Å². The van der Waals surface area contributed by atoms with Gasteiger partial charge in [-0.2, -0.15) is 4.98 Å². The lowest BCUT2D eigenvalue weighted by atomic mass is 9.96. The molecule has 11 nitrogen and oxygen atoms in total. The van der Waals surface area contributed by atoms with E-state index in [1.807, 2.05) is 17.2 Å². The van der Waals surface area contributed by atoms with Crippen LogP contribution < -0.4 is 20.4 Å². The third kappa shape index (κ3) is 6.42. The zero-order valence-corrected chi connectivity index (χ0v) is 25.1. The molecule has 1 amide bonds. The molecule has 0 radical (unpaired) electrons. The van der Waals surface area contributed by atoms with Gasteiger partial charge >= 0.3 is 0 Å². The summed E-state index contributed by atoms with van der Waals surface area (Å²) in [6, 6.07) is 7.91. The maximum atomic E-state index is 14.5. The Hall–Kier alpha value is -3.84. The van der Waals surface area contributed by atoms with Crippen LogP contribution in [0.3, 0.4) is 0 Å². The standard InChI is InChI=1S/C30H36FN7O4S/c1-4-29(39)34-24-11-21(24)19-5-6-25(38-14-18(15-38)17-43(3,40)41)22-13-33-28(12-20(19)22)35-27-7-9-32-30(36-27)37-10-8-26(42-2)23(31)16-37/h4-7,9,12-13,18,21,23-24,26H,1,8,10-11,14-17H2,2-3H3,(H,34,39)(H,32,33,35,36)/t21-,23-,24+,26+/m0/s1. The number of halogens is 1. The molecule has 0 bridgehead atoms. The first-order chi connectivity index (χ1) is 20.6. The molecule has 228 valence electrons. The van der Waals surface area contributed by atoms with Crippen molar-refractivity contribution >= 4 is 49.8 Å². The molecular weight excluding hydrogens is 573 g/mol. The van der Waals surface area contributed by atoms with Crippen molar-refractivity contribution in [2.75, 3.05) is 60.4 Å². The van der Waals surface area contributed by atoms with E-state index >= 15 is 0 Å². The summed E-state index contributed by atoms with van der Waals surface area (Å²) in [7, 11) is -1.51. The third-order valence-electron chi connectivity index (χ3n) is 8.42. The molecule has 2 aliphatic heterocycles. The Morgan fingerprint density at radius 1 is 1.16 bits per heavy atom. The number of nitrogens with zero attached hydrogens (tertiary/aromatic N) is 5. The second kappa shape index (κ2) is 11.7. The Kier molecular flexibility index (Phi) is 7.94. The van der Waals surface area contributed by atoms with E-state index in [2.05, 4.69) is 44.2 Å². The van der Waals surface area contributed by atoms with Crippen molar-refractivity contribution in [3.63, 3.8) is 0 Å². The molecule has 0 spiro atoms. The number of carbonyl (C=O) groups is 1. The SMILES string of the molecule is C=CC(=O)N[C@@H]1C[C@H]1c1ccc(N2CC(CS(C)(=O)=O)C2)c2cnc(Nc3ccnc(N4CC[C@@H](OC)[C@@H](F)C4)n3)cc12. The Balaban J connectivity index is 1.26. The number of sulfone groups is 1. The van der Waals surface area contributed by atoms with Crippen LogP contribution in [-0.2, 0) is 19.4 Å². The third-order valence-corrected chi connectivity index (χ3v) is 9.49. The predicted molar refractivity (Wildman–Crippen MR) is 164 cm³/mol. The summed E-state index contributed by atoms with van der Waals surface area (Å²) in [5.74, 6) is 1.79. The van der Waals surface area contributed by atoms with Crippen LogP contribution >= 0.6 is 0 Å². The van der Waals surface area contributed by atoms with Crippen molar-refractivity contribution in [3.8, 4) is 0 Å². The molecule has 2 N–H and O–H groups in total. The maximum absolute atomic E-state index is 14.5. The van der Waals surface area contributed by atoms with Crippen molar-refractivity contribution in [3.05, 3.63) is 54.9 Å². The maximum Gasteiger partial charge on any atom is 0.243 e. The van der Waals surface area contributed by atoms with Gasteiger partial charge in [0.25, 0.3) is 0 Å². The van der Waals surface area contributed by atoms with Crippen LogP contribution in [0.2, 0.25) is 0 Å². The fourth-order valence-electron chi connectivity index (χ4n) is 6.19. The second-order valence-corrected chi connectivity index (χ2v) is 13.9. The summed E-state index contributed by atoms with van der Waals surface area (Å²) in [5.41, 5.74) is 2.10. The van der Waals surface area contributed by atoms with Crippen molar-refractivity contribution in [2.45, 2.75) is 37.1 Å². The molecule has 1 aliphatic carbocycles. The molecule has 1 aromatic carbocycles. The van der Waals surface area contributed by atoms with Crippen molar-refractivity contribution < 1.29 is 22.3 Å². The van der Waals surface area contributed by atoms with Gasteiger partial charge in [0.2, 0.25) is 11.9 Å². The number of benzene rings is 1. The van der Waals surface area contributed by atoms with Gasteiger partial charge in [0.1, 0.15) is 27.6 Å². The van der Waals surface area contributed by atoms with Crippen LogP contribution in [0.1, 0.15) is 24.3 Å². The number of fused-ring (bicyclic) bond motifs is 1. The number of carbonyl (C=O) groups excluding carboxylic acids is 1. The number of aromatic nitrogens is 3. The number of nitrogens with one attached hydrogen (secondary N) is 2. The first-order valence-corrected chi connectivity index (χ1v) is 16.5. The number of methoxy groups -OCH3 is 1. The minimum absolute atomic E-state index is 0.0262. The van der Waals surface area contributed by atoms with E-state index in [1.54, 1.807) is 12.3 Å². The molecule has 6 rings (SSSR count). The van der Waals surface area contributed by atoms with E-state index in [0.717, 1.165) is 28.4 Å². The van der Waals surface area contributed by atoms with E-state index in [9.17, 15) is 17.6 Å². The molecule has 3 fully saturated rings. The fourth-order valence-corrected chi connectivity index (χ4v) is 7.25. The molecule has 2 aromatic heterocycles. The highest BCUT2D eigenvalue weighted by atomic mass is 32.2. The van der Waals surface area contributed by atoms with Crippen LogP contribution in [0.15, 0.2) is 49.3 Å². The summed E-state index contributed by atoms with van der Waals surface area (Å²) in [5, 5.41) is 8.23. The fraction of sp³-hybridized carbons (Fsp3) is 0.467. The van der Waals surface area contributed by atoms with Gasteiger partial charge in [-0.1, -0.05) is 12.6 Å². The van der Waals surface area contributed by atoms with E-state index in [1.165, 1.54) is 19.4 Å². The summed E-state index contributed by atoms with van der Waals surface area (Å²) >= 11 is 0. The molecule has 3 aromatic rings. The first-order valence-electron chi connectivity index (χ1n) is 14.4. The smallest absolute Gasteiger partial charge is 0.243 e. The summed E-state index contributed by atoms with van der Waals surface area (Å²) in [6.45, 7) is 5.63. The minimum atomic E-state index is -3.04. The van der Waals surface area contributed by atoms with Crippen LogP contribution in [-0.4, -0.2) is 92.9 Å². The highest BCUT2D eigenvalue weighted by Gasteiger charge is 2.41. The number of amides is 1. The van der Waals surface area contributed by atoms with Gasteiger partial charge in [-0.15, -0.1) is 0 Å². The number of ether oxygens (including phenoxy) is 1. The van der Waals surface area contributed by atoms with Gasteiger partial charge in [-0.05, 0) is 48.1 Å². The molecular formula is C30H36FN7O4S. The van der Waals surface area contributed by atoms with Crippen molar-refractivity contribution in [1.29, 1.82) is 0 Å². The van der Waals surface area contributed by atoms with Crippen LogP contribution in [0.5, 0.6) is 0 Å². The van der Waals surface area contributed by atoms with Gasteiger partial charge < -0.3 is 25.2 Å². The van der Waals surface area contributed by atoms with Crippen molar-refractivity contribution in [2.24, 2.45) is 5.92 Å². The molecule has 0 unspecified atom stereocenters. The topological polar surface area (TPSA) is 130 Å². The summed E-state index contributed by atoms with van der Waals surface area (Å²) in [6.07, 6.45) is 5.85. The minimum Gasteiger partial charge on any atom is -0.378 e. The number of rotatable bonds is 10. The molecule has 13 heteroatoms. The van der Waals surface area contributed by atoms with Gasteiger partial charge in [0.15, 0.2) is 0 Å². The number of pyridine rings is 1. The normalized spacial score (nSPS) is 24.0. The Morgan fingerprint density at radius 2 is 1.98 bits per heavy atom. The van der Waals surface area contributed by atoms with Gasteiger partial charge in [-0.25, -0.2) is 22.8 Å². The molecule has 3 aliphatic rings. The van der Waals surface area contributed by atoms with Crippen molar-refractivity contribution in [1.82, 2.24) is 20.3 Å². The lowest BCUT2D eigenvalue weighted by Gasteiger charge is -2.41. The molecule has 4 heterocycles. The highest BCUT2D eigenvalue weighted by molar-refractivity contribution is 7.90. The number of hydrogen-bond acceptors (Lipinski definition) is 10. The molecule has 4 atom stereocenters. The Morgan fingerprint density at radius 3 is 2.70 bits per heavy atom. The molecule has 1 saturated carbocycles. The van der Waals surface area contributed by atoms with Gasteiger partial charge in [0.05, 0.1) is 18.4 Å². The largest absolute Gasteiger partial charge is 0.378 e. The molecule has 2 saturated heterocycles. The second-order valence-electron chi connectivity index (χ2n) is 11.7. The number of hydrogen-bond donors (Lipinski definition) is 2. The Bertz CT molecular complexity index is 1650. The number of anilines is 4. The van der Waals surface area contributed by atoms with E-state index in [-0.39, 0.29) is 36.1 Å². The van der Waals surface area contributed by atoms with Gasteiger partial charge in [0, 0.05) is 74.3 Å². The zero-order chi connectivity index (χ0) is 30.3. The first kappa shape index (κ1) is 29.2. The lowest BCUT2D eigenvalue weighted by molar-refractivity contribution is -0.116. The quantitative estimate of drug-likeness (QED) is 0.331. The molecule has 43 heavy (non-hydrogen) atoms. The van der Waals surface area contributed by atoms with E-state index in [0.29, 0.717) is 43.6 Å². The van der Waals surface area contributed by atoms with Gasteiger partial charge in [-0.3, -0.25) is 4.79 Å². The lowest BCUT2D eigenvalue weighted by Crippen LogP contribution is -2.49. The average Bonchev–Trinajstić information content (AvgIpc) is 3.72. The number of alkyl halides is 1. The zero-order valence-electron chi connectivity index (χ0n) is 24.2. The van der Waals surface area contributed by atoms with E-state index < -0.39 is 22.1 Å². The average molecular weight is 610 g/mol. The van der Waals surface area contributed by atoms with E-state index in [4.69, 9.17) is 9.72 Å². The Labute approximate surface area is 250 Å². The monoisotopic (exact) mass is 609 g/mol. The predicted octanol–water partition coefficient (Wildman–Crippen LogP) is 2.97. The number of piperidine rings is 1. The van der Waals surface area contributed by atoms with Crippen LogP contribution in [0, 0.1) is 5.92 Å². The summed E-state index contributed by atoms with van der Waals surface area (Å²) in [4.78, 5) is 29.6. The highest BCUT2D eigenvalue weighted by Crippen LogP contribution is 2.46. The van der Waals surface area contributed by atoms with Crippen LogP contribution in [0.4, 0.5) is 27.7 Å².